The van der Waals surface area contributed by atoms with Crippen molar-refractivity contribution in [3.05, 3.63) is 0 Å². The molecule has 0 aliphatic heterocycles. The van der Waals surface area contributed by atoms with E-state index >= 15 is 0 Å². The number of nitrogens with zero attached hydrogens (tertiary/aromatic N) is 1. The number of likely N-dealkylation sites (N-methyl/N-ethyl adjacent to an activating group) is 1. The highest BCUT2D eigenvalue weighted by Crippen LogP contribution is 2.22. The van der Waals surface area contributed by atoms with Crippen LogP contribution in [0.25, 0.3) is 0 Å². The molecule has 1 fully saturated rings. The predicted molar refractivity (Wildman–Crippen MR) is 81.9 cm³/mol. The maximum atomic E-state index is 11.8. The van der Waals surface area contributed by atoms with Gasteiger partial charge in [-0.3, -0.25) is 9.69 Å². The zero-order valence-corrected chi connectivity index (χ0v) is 13.3. The Bertz CT molecular complexity index is 266. The van der Waals surface area contributed by atoms with Crippen LogP contribution in [0.15, 0.2) is 0 Å². The molecule has 0 atom stereocenters. The molecule has 0 heterocycles. The molecule has 5 heteroatoms. The summed E-state index contributed by atoms with van der Waals surface area (Å²) in [6, 6.07) is 1.22. The lowest BCUT2D eigenvalue weighted by molar-refractivity contribution is -0.122. The molecule has 0 bridgehead atoms. The average Bonchev–Trinajstić information content (AvgIpc) is 2.45. The molecule has 0 unspecified atom stereocenters. The molecule has 0 aromatic carbocycles. The van der Waals surface area contributed by atoms with Gasteiger partial charge in [0.2, 0.25) is 5.91 Å². The Morgan fingerprint density at radius 1 is 1.30 bits per heavy atom. The summed E-state index contributed by atoms with van der Waals surface area (Å²) in [5.41, 5.74) is 0. The van der Waals surface area contributed by atoms with Crippen LogP contribution >= 0.6 is 0 Å². The van der Waals surface area contributed by atoms with Gasteiger partial charge in [-0.15, -0.1) is 0 Å². The highest BCUT2D eigenvalue weighted by Gasteiger charge is 2.24. The largest absolute Gasteiger partial charge is 0.385 e. The minimum Gasteiger partial charge on any atom is -0.385 e. The number of hydrogen-bond acceptors (Lipinski definition) is 4. The van der Waals surface area contributed by atoms with Gasteiger partial charge in [0.25, 0.3) is 0 Å². The van der Waals surface area contributed by atoms with E-state index in [2.05, 4.69) is 29.5 Å². The third kappa shape index (κ3) is 6.68. The van der Waals surface area contributed by atoms with Crippen LogP contribution in [-0.4, -0.2) is 63.3 Å². The molecule has 2 N–H and O–H groups in total. The van der Waals surface area contributed by atoms with Crippen molar-refractivity contribution in [2.24, 2.45) is 0 Å². The number of carbonyl (C=O) groups excluding carboxylic acids is 1. The second-order valence-corrected chi connectivity index (χ2v) is 5.67. The maximum Gasteiger partial charge on any atom is 0.234 e. The van der Waals surface area contributed by atoms with E-state index in [1.807, 2.05) is 0 Å². The molecule has 118 valence electrons. The third-order valence-corrected chi connectivity index (χ3v) is 4.05. The van der Waals surface area contributed by atoms with Gasteiger partial charge in [-0.05, 0) is 45.7 Å². The number of carbonyl (C=O) groups is 1. The van der Waals surface area contributed by atoms with Crippen LogP contribution in [0.1, 0.15) is 39.0 Å². The first kappa shape index (κ1) is 17.4. The summed E-state index contributed by atoms with van der Waals surface area (Å²) in [5.74, 6) is 0.123. The van der Waals surface area contributed by atoms with Crippen LogP contribution in [0, 0.1) is 0 Å². The van der Waals surface area contributed by atoms with Crippen molar-refractivity contribution in [3.63, 3.8) is 0 Å². The van der Waals surface area contributed by atoms with Crippen molar-refractivity contribution in [1.82, 2.24) is 15.5 Å². The fraction of sp³-hybridized carbons (Fsp3) is 0.933. The number of methoxy groups -OCH3 is 1. The van der Waals surface area contributed by atoms with E-state index in [0.29, 0.717) is 31.8 Å². The first-order chi connectivity index (χ1) is 9.67. The molecule has 0 aromatic rings. The first-order valence-electron chi connectivity index (χ1n) is 7.86. The normalized spacial score (nSPS) is 23.0. The van der Waals surface area contributed by atoms with Crippen molar-refractivity contribution in [2.75, 3.05) is 40.4 Å². The van der Waals surface area contributed by atoms with Gasteiger partial charge in [0, 0.05) is 32.3 Å². The van der Waals surface area contributed by atoms with Crippen molar-refractivity contribution in [1.29, 1.82) is 0 Å². The monoisotopic (exact) mass is 285 g/mol. The van der Waals surface area contributed by atoms with Gasteiger partial charge in [0.05, 0.1) is 6.54 Å². The SMILES string of the molecule is CCNC1CCC(N(C)CC(=O)NCCCOC)CC1. The zero-order chi connectivity index (χ0) is 14.8. The van der Waals surface area contributed by atoms with E-state index in [4.69, 9.17) is 4.74 Å². The summed E-state index contributed by atoms with van der Waals surface area (Å²) >= 11 is 0. The van der Waals surface area contributed by atoms with Gasteiger partial charge in [0.15, 0.2) is 0 Å². The van der Waals surface area contributed by atoms with Crippen molar-refractivity contribution < 1.29 is 9.53 Å². The zero-order valence-electron chi connectivity index (χ0n) is 13.3. The Balaban J connectivity index is 2.16. The minimum absolute atomic E-state index is 0.123. The van der Waals surface area contributed by atoms with Crippen molar-refractivity contribution in [3.8, 4) is 0 Å². The van der Waals surface area contributed by atoms with E-state index in [9.17, 15) is 4.79 Å². The molecule has 0 saturated heterocycles. The van der Waals surface area contributed by atoms with Crippen molar-refractivity contribution in [2.45, 2.75) is 51.1 Å². The van der Waals surface area contributed by atoms with E-state index in [-0.39, 0.29) is 5.91 Å². The standard InChI is InChI=1S/C15H31N3O2/c1-4-16-13-6-8-14(9-7-13)18(2)12-15(19)17-10-5-11-20-3/h13-14,16H,4-12H2,1-3H3,(H,17,19). The Labute approximate surface area is 123 Å². The Hall–Kier alpha value is -0.650. The van der Waals surface area contributed by atoms with Gasteiger partial charge < -0.3 is 15.4 Å². The Morgan fingerprint density at radius 2 is 2.00 bits per heavy atom. The highest BCUT2D eigenvalue weighted by atomic mass is 16.5. The summed E-state index contributed by atoms with van der Waals surface area (Å²) in [6.07, 6.45) is 5.69. The van der Waals surface area contributed by atoms with E-state index < -0.39 is 0 Å². The third-order valence-electron chi connectivity index (χ3n) is 4.05. The van der Waals surface area contributed by atoms with Crippen LogP contribution in [-0.2, 0) is 9.53 Å². The lowest BCUT2D eigenvalue weighted by Gasteiger charge is -2.34. The molecule has 1 amide bonds. The molecular formula is C15H31N3O2. The maximum absolute atomic E-state index is 11.8. The molecule has 0 aromatic heterocycles. The number of rotatable bonds is 9. The van der Waals surface area contributed by atoms with Crippen LogP contribution in [0.4, 0.5) is 0 Å². The molecule has 1 aliphatic carbocycles. The average molecular weight is 285 g/mol. The predicted octanol–water partition coefficient (Wildman–Crippen LogP) is 0.992. The molecule has 0 radical (unpaired) electrons. The topological polar surface area (TPSA) is 53.6 Å². The van der Waals surface area contributed by atoms with Gasteiger partial charge in [-0.1, -0.05) is 6.92 Å². The van der Waals surface area contributed by atoms with Gasteiger partial charge in [-0.25, -0.2) is 0 Å². The quantitative estimate of drug-likeness (QED) is 0.620. The summed E-state index contributed by atoms with van der Waals surface area (Å²) in [6.45, 7) is 5.11. The minimum atomic E-state index is 0.123. The summed E-state index contributed by atoms with van der Waals surface area (Å²) in [4.78, 5) is 14.0. The van der Waals surface area contributed by atoms with Crippen molar-refractivity contribution >= 4 is 5.91 Å². The molecule has 5 nitrogen and oxygen atoms in total. The number of nitrogens with one attached hydrogen (secondary N) is 2. The van der Waals surface area contributed by atoms with E-state index in [1.54, 1.807) is 7.11 Å². The number of amides is 1. The smallest absolute Gasteiger partial charge is 0.234 e. The van der Waals surface area contributed by atoms with Crippen LogP contribution in [0.3, 0.4) is 0 Å². The van der Waals surface area contributed by atoms with E-state index in [0.717, 1.165) is 13.0 Å². The van der Waals surface area contributed by atoms with E-state index in [1.165, 1.54) is 25.7 Å². The molecular weight excluding hydrogens is 254 g/mol. The van der Waals surface area contributed by atoms with Crippen LogP contribution in [0.2, 0.25) is 0 Å². The fourth-order valence-corrected chi connectivity index (χ4v) is 2.87. The molecule has 1 aliphatic rings. The number of ether oxygens (including phenoxy) is 1. The summed E-state index contributed by atoms with van der Waals surface area (Å²) < 4.78 is 4.96. The van der Waals surface area contributed by atoms with Crippen LogP contribution < -0.4 is 10.6 Å². The first-order valence-corrected chi connectivity index (χ1v) is 7.86. The lowest BCUT2D eigenvalue weighted by atomic mass is 9.90. The molecule has 0 spiro atoms. The van der Waals surface area contributed by atoms with Gasteiger partial charge in [-0.2, -0.15) is 0 Å². The Morgan fingerprint density at radius 3 is 2.60 bits per heavy atom. The molecule has 1 saturated carbocycles. The summed E-state index contributed by atoms with van der Waals surface area (Å²) in [5, 5.41) is 6.46. The summed E-state index contributed by atoms with van der Waals surface area (Å²) in [7, 11) is 3.74. The second-order valence-electron chi connectivity index (χ2n) is 5.67. The second kappa shape index (κ2) is 10.1. The fourth-order valence-electron chi connectivity index (χ4n) is 2.87. The number of hydrogen-bond donors (Lipinski definition) is 2. The lowest BCUT2D eigenvalue weighted by Crippen LogP contribution is -2.44. The highest BCUT2D eigenvalue weighted by molar-refractivity contribution is 5.77. The molecule has 1 rings (SSSR count). The Kier molecular flexibility index (Phi) is 8.82. The molecule has 20 heavy (non-hydrogen) atoms. The van der Waals surface area contributed by atoms with Gasteiger partial charge >= 0.3 is 0 Å². The van der Waals surface area contributed by atoms with Crippen LogP contribution in [0.5, 0.6) is 0 Å². The van der Waals surface area contributed by atoms with Gasteiger partial charge in [0.1, 0.15) is 0 Å².